The zero-order valence-corrected chi connectivity index (χ0v) is 13.5. The maximum absolute atomic E-state index is 12.2. The fourth-order valence-electron chi connectivity index (χ4n) is 2.74. The first-order chi connectivity index (χ1) is 12.1. The zero-order valence-electron chi connectivity index (χ0n) is 12.7. The fraction of sp³-hybridized carbons (Fsp3) is 0.111. The van der Waals surface area contributed by atoms with E-state index in [4.69, 9.17) is 9.15 Å². The first-order valence-corrected chi connectivity index (χ1v) is 8.34. The topological polar surface area (TPSA) is 97.0 Å². The number of fused-ring (bicyclic) bond motifs is 2. The number of hydrogen-bond acceptors (Lipinski definition) is 7. The number of aliphatic hydroxyl groups excluding tert-OH is 1. The standard InChI is InChI=1S/C18H12O6S/c19-13-9-5-1-3-7-11(9)23-17(21)15(13)25-16-14(20)10-6-2-4-8-12(10)24-18(16)22/h1-8,13,15,19-20H. The maximum atomic E-state index is 12.2. The van der Waals surface area contributed by atoms with Crippen molar-refractivity contribution in [2.45, 2.75) is 16.2 Å². The number of thioether (sulfide) groups is 1. The highest BCUT2D eigenvalue weighted by molar-refractivity contribution is 8.00. The van der Waals surface area contributed by atoms with E-state index in [9.17, 15) is 19.8 Å². The van der Waals surface area contributed by atoms with Gasteiger partial charge in [0.25, 0.3) is 0 Å². The van der Waals surface area contributed by atoms with Crippen LogP contribution in [0.1, 0.15) is 11.7 Å². The molecular weight excluding hydrogens is 344 g/mol. The number of carbonyl (C=O) groups is 1. The van der Waals surface area contributed by atoms with Gasteiger partial charge in [0.1, 0.15) is 33.3 Å². The third-order valence-corrected chi connectivity index (χ3v) is 5.26. The molecule has 2 N–H and O–H groups in total. The molecule has 0 aliphatic carbocycles. The van der Waals surface area contributed by atoms with Crippen LogP contribution in [0.3, 0.4) is 0 Å². The van der Waals surface area contributed by atoms with Crippen molar-refractivity contribution in [3.63, 3.8) is 0 Å². The molecule has 25 heavy (non-hydrogen) atoms. The van der Waals surface area contributed by atoms with Crippen LogP contribution < -0.4 is 10.4 Å². The molecule has 3 aromatic rings. The molecule has 1 aliphatic rings. The number of aliphatic hydroxyl groups is 1. The van der Waals surface area contributed by atoms with Crippen molar-refractivity contribution >= 4 is 28.7 Å². The Kier molecular flexibility index (Phi) is 3.74. The van der Waals surface area contributed by atoms with E-state index in [1.807, 2.05) is 0 Å². The normalized spacial score (nSPS) is 19.5. The summed E-state index contributed by atoms with van der Waals surface area (Å²) in [4.78, 5) is 24.3. The molecule has 2 unspecified atom stereocenters. The molecule has 4 rings (SSSR count). The summed E-state index contributed by atoms with van der Waals surface area (Å²) in [6.07, 6.45) is -1.17. The number of esters is 1. The Hall–Kier alpha value is -2.77. The second kappa shape index (κ2) is 5.94. The lowest BCUT2D eigenvalue weighted by atomic mass is 10.0. The molecule has 7 heteroatoms. The molecule has 0 fully saturated rings. The summed E-state index contributed by atoms with van der Waals surface area (Å²) >= 11 is 0.732. The lowest BCUT2D eigenvalue weighted by Crippen LogP contribution is -2.34. The Morgan fingerprint density at radius 3 is 2.56 bits per heavy atom. The lowest BCUT2D eigenvalue weighted by molar-refractivity contribution is -0.137. The van der Waals surface area contributed by atoms with Gasteiger partial charge in [-0.05, 0) is 18.2 Å². The van der Waals surface area contributed by atoms with E-state index in [1.54, 1.807) is 48.5 Å². The number of aromatic hydroxyl groups is 1. The lowest BCUT2D eigenvalue weighted by Gasteiger charge is -2.27. The molecule has 2 heterocycles. The minimum atomic E-state index is -1.17. The van der Waals surface area contributed by atoms with Crippen LogP contribution in [0.15, 0.2) is 62.6 Å². The SMILES string of the molecule is O=C1Oc2ccccc2C(O)C1Sc1c(O)c2ccccc2oc1=O. The molecular formula is C18H12O6S. The van der Waals surface area contributed by atoms with Crippen LogP contribution in [0.25, 0.3) is 11.0 Å². The fourth-order valence-corrected chi connectivity index (χ4v) is 3.77. The third kappa shape index (κ3) is 2.57. The average molecular weight is 356 g/mol. The van der Waals surface area contributed by atoms with E-state index in [-0.39, 0.29) is 22.0 Å². The van der Waals surface area contributed by atoms with Gasteiger partial charge in [-0.25, -0.2) is 4.79 Å². The van der Waals surface area contributed by atoms with Crippen molar-refractivity contribution in [1.82, 2.24) is 0 Å². The molecule has 0 spiro atoms. The van der Waals surface area contributed by atoms with Crippen molar-refractivity contribution in [3.8, 4) is 11.5 Å². The van der Waals surface area contributed by atoms with Crippen LogP contribution in [0.4, 0.5) is 0 Å². The van der Waals surface area contributed by atoms with Gasteiger partial charge in [0.05, 0.1) is 5.39 Å². The van der Waals surface area contributed by atoms with Gasteiger partial charge >= 0.3 is 11.6 Å². The predicted octanol–water partition coefficient (Wildman–Crippen LogP) is 2.61. The van der Waals surface area contributed by atoms with Gasteiger partial charge in [0.2, 0.25) is 0 Å². The number of benzene rings is 2. The van der Waals surface area contributed by atoms with Crippen molar-refractivity contribution in [1.29, 1.82) is 0 Å². The number of ether oxygens (including phenoxy) is 1. The number of carbonyl (C=O) groups excluding carboxylic acids is 1. The van der Waals surface area contributed by atoms with E-state index in [0.29, 0.717) is 10.9 Å². The Labute approximate surface area is 145 Å². The largest absolute Gasteiger partial charge is 0.506 e. The molecule has 2 atom stereocenters. The second-order valence-corrected chi connectivity index (χ2v) is 6.66. The highest BCUT2D eigenvalue weighted by Gasteiger charge is 2.38. The highest BCUT2D eigenvalue weighted by atomic mass is 32.2. The summed E-state index contributed by atoms with van der Waals surface area (Å²) in [5, 5.41) is 20.2. The summed E-state index contributed by atoms with van der Waals surface area (Å²) in [6, 6.07) is 13.2. The van der Waals surface area contributed by atoms with Crippen LogP contribution in [-0.4, -0.2) is 21.4 Å². The monoisotopic (exact) mass is 356 g/mol. The van der Waals surface area contributed by atoms with E-state index in [2.05, 4.69) is 0 Å². The summed E-state index contributed by atoms with van der Waals surface area (Å²) in [5.74, 6) is -0.689. The number of para-hydroxylation sites is 2. The number of hydrogen-bond donors (Lipinski definition) is 2. The minimum absolute atomic E-state index is 0.140. The Balaban J connectivity index is 1.77. The Bertz CT molecular complexity index is 1040. The molecule has 0 bridgehead atoms. The summed E-state index contributed by atoms with van der Waals surface area (Å²) in [5.41, 5.74) is -0.0872. The minimum Gasteiger partial charge on any atom is -0.506 e. The van der Waals surface area contributed by atoms with Crippen LogP contribution in [0.2, 0.25) is 0 Å². The first-order valence-electron chi connectivity index (χ1n) is 7.46. The Morgan fingerprint density at radius 1 is 1.00 bits per heavy atom. The summed E-state index contributed by atoms with van der Waals surface area (Å²) in [6.45, 7) is 0. The summed E-state index contributed by atoms with van der Waals surface area (Å²) in [7, 11) is 0. The quantitative estimate of drug-likeness (QED) is 0.414. The molecule has 0 radical (unpaired) electrons. The van der Waals surface area contributed by atoms with Crippen molar-refractivity contribution in [3.05, 3.63) is 64.5 Å². The molecule has 0 amide bonds. The van der Waals surface area contributed by atoms with Crippen LogP contribution in [-0.2, 0) is 4.79 Å². The molecule has 2 aromatic carbocycles. The van der Waals surface area contributed by atoms with Gasteiger partial charge in [0.15, 0.2) is 0 Å². The van der Waals surface area contributed by atoms with Gasteiger partial charge in [-0.3, -0.25) is 4.79 Å². The maximum Gasteiger partial charge on any atom is 0.353 e. The molecule has 1 aliphatic heterocycles. The molecule has 6 nitrogen and oxygen atoms in total. The van der Waals surface area contributed by atoms with Gasteiger partial charge in [-0.2, -0.15) is 0 Å². The average Bonchev–Trinajstić information content (AvgIpc) is 2.61. The van der Waals surface area contributed by atoms with E-state index < -0.39 is 22.9 Å². The van der Waals surface area contributed by atoms with Crippen molar-refractivity contribution in [2.24, 2.45) is 0 Å². The predicted molar refractivity (Wildman–Crippen MR) is 90.8 cm³/mol. The van der Waals surface area contributed by atoms with E-state index in [1.165, 1.54) is 0 Å². The molecule has 126 valence electrons. The second-order valence-electron chi connectivity index (χ2n) is 5.51. The third-order valence-electron chi connectivity index (χ3n) is 3.96. The van der Waals surface area contributed by atoms with E-state index in [0.717, 1.165) is 11.8 Å². The Morgan fingerprint density at radius 2 is 1.72 bits per heavy atom. The van der Waals surface area contributed by atoms with Gasteiger partial charge in [-0.15, -0.1) is 0 Å². The van der Waals surface area contributed by atoms with Crippen LogP contribution >= 0.6 is 11.8 Å². The zero-order chi connectivity index (χ0) is 17.6. The molecule has 1 aromatic heterocycles. The molecule has 0 saturated carbocycles. The van der Waals surface area contributed by atoms with Crippen LogP contribution in [0.5, 0.6) is 11.5 Å². The number of rotatable bonds is 2. The van der Waals surface area contributed by atoms with Crippen molar-refractivity contribution < 1.29 is 24.2 Å². The smallest absolute Gasteiger partial charge is 0.353 e. The highest BCUT2D eigenvalue weighted by Crippen LogP contribution is 2.42. The van der Waals surface area contributed by atoms with Crippen molar-refractivity contribution in [2.75, 3.05) is 0 Å². The van der Waals surface area contributed by atoms with Gasteiger partial charge in [0, 0.05) is 5.56 Å². The van der Waals surface area contributed by atoms with Gasteiger partial charge in [-0.1, -0.05) is 42.1 Å². The van der Waals surface area contributed by atoms with Crippen LogP contribution in [0, 0.1) is 0 Å². The molecule has 0 saturated heterocycles. The summed E-state index contributed by atoms with van der Waals surface area (Å²) < 4.78 is 10.4. The van der Waals surface area contributed by atoms with Gasteiger partial charge < -0.3 is 19.4 Å². The first kappa shape index (κ1) is 15.7. The van der Waals surface area contributed by atoms with E-state index >= 15 is 0 Å².